The molecule has 2 saturated heterocycles. The fourth-order valence-electron chi connectivity index (χ4n) is 3.79. The molecule has 2 aliphatic heterocycles. The fourth-order valence-corrected chi connectivity index (χ4v) is 3.79. The van der Waals surface area contributed by atoms with Gasteiger partial charge in [0.25, 0.3) is 0 Å². The van der Waals surface area contributed by atoms with E-state index >= 15 is 0 Å². The maximum Gasteiger partial charge on any atom is 0.229 e. The zero-order chi connectivity index (χ0) is 21.3. The lowest BCUT2D eigenvalue weighted by Crippen LogP contribution is -2.43. The Bertz CT molecular complexity index is 743. The van der Waals surface area contributed by atoms with Crippen molar-refractivity contribution >= 4 is 23.6 Å². The van der Waals surface area contributed by atoms with Gasteiger partial charge >= 0.3 is 0 Å². The summed E-state index contributed by atoms with van der Waals surface area (Å²) in [5.41, 5.74) is 0. The zero-order valence-electron chi connectivity index (χ0n) is 17.2. The minimum Gasteiger partial charge on any atom is -0.493 e. The molecule has 2 heterocycles. The lowest BCUT2D eigenvalue weighted by Gasteiger charge is -2.31. The second-order valence-electron chi connectivity index (χ2n) is 7.65. The van der Waals surface area contributed by atoms with Gasteiger partial charge in [-0.2, -0.15) is 0 Å². The molecule has 3 rings (SSSR count). The van der Waals surface area contributed by atoms with E-state index in [0.717, 1.165) is 5.75 Å². The SMILES string of the molecule is O=C(NCCCN1C(=O)CCC1=O)C1CCN(C(=O)CCOc2ccccc2)CC1. The highest BCUT2D eigenvalue weighted by Gasteiger charge is 2.29. The number of amides is 4. The number of carbonyl (C=O) groups excluding carboxylic acids is 4. The lowest BCUT2D eigenvalue weighted by molar-refractivity contribution is -0.138. The van der Waals surface area contributed by atoms with Crippen LogP contribution in [0.3, 0.4) is 0 Å². The standard InChI is InChI=1S/C22H29N3O5/c26-19(11-16-30-18-5-2-1-3-6-18)24-14-9-17(10-15-24)22(29)23-12-4-13-25-20(27)7-8-21(25)28/h1-3,5-6,17H,4,7-16H2,(H,23,29). The van der Waals surface area contributed by atoms with E-state index in [4.69, 9.17) is 4.74 Å². The zero-order valence-corrected chi connectivity index (χ0v) is 17.2. The van der Waals surface area contributed by atoms with E-state index in [0.29, 0.717) is 71.3 Å². The average molecular weight is 415 g/mol. The summed E-state index contributed by atoms with van der Waals surface area (Å²) >= 11 is 0. The average Bonchev–Trinajstić information content (AvgIpc) is 3.09. The first-order chi connectivity index (χ1) is 14.5. The highest BCUT2D eigenvalue weighted by molar-refractivity contribution is 6.01. The molecule has 2 aliphatic rings. The Balaban J connectivity index is 1.28. The summed E-state index contributed by atoms with van der Waals surface area (Å²) in [5, 5.41) is 2.89. The van der Waals surface area contributed by atoms with Crippen LogP contribution in [-0.2, 0) is 19.2 Å². The number of benzene rings is 1. The molecule has 0 aliphatic carbocycles. The summed E-state index contributed by atoms with van der Waals surface area (Å²) in [6.07, 6.45) is 2.74. The second kappa shape index (κ2) is 10.8. The minimum atomic E-state index is -0.127. The third kappa shape index (κ3) is 6.05. The number of hydrogen-bond donors (Lipinski definition) is 1. The number of rotatable bonds is 9. The predicted molar refractivity (Wildman–Crippen MR) is 109 cm³/mol. The fraction of sp³-hybridized carbons (Fsp3) is 0.545. The molecule has 0 bridgehead atoms. The number of hydrogen-bond acceptors (Lipinski definition) is 5. The van der Waals surface area contributed by atoms with Gasteiger partial charge in [0.15, 0.2) is 0 Å². The minimum absolute atomic E-state index is 0.0198. The molecule has 0 saturated carbocycles. The first kappa shape index (κ1) is 21.8. The summed E-state index contributed by atoms with van der Waals surface area (Å²) in [5.74, 6) is 0.414. The summed E-state index contributed by atoms with van der Waals surface area (Å²) in [7, 11) is 0. The second-order valence-corrected chi connectivity index (χ2v) is 7.65. The lowest BCUT2D eigenvalue weighted by atomic mass is 9.95. The van der Waals surface area contributed by atoms with E-state index in [1.807, 2.05) is 30.3 Å². The van der Waals surface area contributed by atoms with Crippen LogP contribution >= 0.6 is 0 Å². The largest absolute Gasteiger partial charge is 0.493 e. The van der Waals surface area contributed by atoms with E-state index in [2.05, 4.69) is 5.32 Å². The smallest absolute Gasteiger partial charge is 0.229 e. The van der Waals surface area contributed by atoms with Gasteiger partial charge in [-0.15, -0.1) is 0 Å². The van der Waals surface area contributed by atoms with Crippen LogP contribution in [0.2, 0.25) is 0 Å². The molecule has 2 fully saturated rings. The van der Waals surface area contributed by atoms with Crippen molar-refractivity contribution in [3.8, 4) is 5.75 Å². The highest BCUT2D eigenvalue weighted by atomic mass is 16.5. The van der Waals surface area contributed by atoms with Crippen molar-refractivity contribution < 1.29 is 23.9 Å². The molecule has 1 N–H and O–H groups in total. The van der Waals surface area contributed by atoms with Crippen LogP contribution in [0.1, 0.15) is 38.5 Å². The number of nitrogens with zero attached hydrogens (tertiary/aromatic N) is 2. The number of ether oxygens (including phenoxy) is 1. The van der Waals surface area contributed by atoms with Crippen LogP contribution < -0.4 is 10.1 Å². The number of piperidine rings is 1. The number of para-hydroxylation sites is 1. The van der Waals surface area contributed by atoms with Crippen molar-refractivity contribution in [3.63, 3.8) is 0 Å². The van der Waals surface area contributed by atoms with E-state index in [-0.39, 0.29) is 29.5 Å². The molecular weight excluding hydrogens is 386 g/mol. The van der Waals surface area contributed by atoms with Crippen LogP contribution in [-0.4, -0.2) is 66.2 Å². The van der Waals surface area contributed by atoms with Crippen LogP contribution in [0.25, 0.3) is 0 Å². The Labute approximate surface area is 176 Å². The molecule has 0 unspecified atom stereocenters. The van der Waals surface area contributed by atoms with Gasteiger partial charge in [0.2, 0.25) is 23.6 Å². The third-order valence-corrected chi connectivity index (χ3v) is 5.56. The van der Waals surface area contributed by atoms with E-state index in [1.54, 1.807) is 4.90 Å². The summed E-state index contributed by atoms with van der Waals surface area (Å²) in [6.45, 7) is 2.27. The van der Waals surface area contributed by atoms with Gasteiger partial charge in [0.1, 0.15) is 5.75 Å². The van der Waals surface area contributed by atoms with Crippen molar-refractivity contribution in [2.75, 3.05) is 32.8 Å². The number of likely N-dealkylation sites (tertiary alicyclic amines) is 2. The predicted octanol–water partition coefficient (Wildman–Crippen LogP) is 1.35. The summed E-state index contributed by atoms with van der Waals surface area (Å²) in [4.78, 5) is 50.9. The van der Waals surface area contributed by atoms with Gasteiger partial charge in [0.05, 0.1) is 13.0 Å². The van der Waals surface area contributed by atoms with E-state index in [1.165, 1.54) is 4.90 Å². The highest BCUT2D eigenvalue weighted by Crippen LogP contribution is 2.18. The first-order valence-corrected chi connectivity index (χ1v) is 10.6. The number of nitrogens with one attached hydrogen (secondary N) is 1. The van der Waals surface area contributed by atoms with Gasteiger partial charge in [-0.05, 0) is 31.4 Å². The molecular formula is C22H29N3O5. The number of imide groups is 1. The molecule has 8 heteroatoms. The number of carbonyl (C=O) groups is 4. The molecule has 1 aromatic rings. The quantitative estimate of drug-likeness (QED) is 0.485. The van der Waals surface area contributed by atoms with Crippen LogP contribution in [0.5, 0.6) is 5.75 Å². The molecule has 0 atom stereocenters. The van der Waals surface area contributed by atoms with Crippen molar-refractivity contribution in [1.29, 1.82) is 0 Å². The van der Waals surface area contributed by atoms with E-state index < -0.39 is 0 Å². The van der Waals surface area contributed by atoms with E-state index in [9.17, 15) is 19.2 Å². The molecule has 30 heavy (non-hydrogen) atoms. The van der Waals surface area contributed by atoms with Gasteiger partial charge < -0.3 is 15.0 Å². The maximum atomic E-state index is 12.3. The third-order valence-electron chi connectivity index (χ3n) is 5.56. The van der Waals surface area contributed by atoms with Crippen molar-refractivity contribution in [3.05, 3.63) is 30.3 Å². The molecule has 4 amide bonds. The molecule has 0 spiro atoms. The topological polar surface area (TPSA) is 96.0 Å². The molecule has 8 nitrogen and oxygen atoms in total. The van der Waals surface area contributed by atoms with Crippen molar-refractivity contribution in [2.45, 2.75) is 38.5 Å². The summed E-state index contributed by atoms with van der Waals surface area (Å²) in [6, 6.07) is 9.40. The van der Waals surface area contributed by atoms with Crippen molar-refractivity contribution in [1.82, 2.24) is 15.1 Å². The van der Waals surface area contributed by atoms with Crippen molar-refractivity contribution in [2.24, 2.45) is 5.92 Å². The Kier molecular flexibility index (Phi) is 7.82. The van der Waals surface area contributed by atoms with Gasteiger partial charge in [0, 0.05) is 44.9 Å². The normalized spacial score (nSPS) is 17.3. The van der Waals surface area contributed by atoms with Gasteiger partial charge in [-0.1, -0.05) is 18.2 Å². The Hall–Kier alpha value is -2.90. The first-order valence-electron chi connectivity index (χ1n) is 10.6. The maximum absolute atomic E-state index is 12.3. The van der Waals surface area contributed by atoms with Gasteiger partial charge in [-0.3, -0.25) is 24.1 Å². The van der Waals surface area contributed by atoms with Crippen LogP contribution in [0, 0.1) is 5.92 Å². The Morgan fingerprint density at radius 1 is 1.03 bits per heavy atom. The van der Waals surface area contributed by atoms with Crippen LogP contribution in [0.4, 0.5) is 0 Å². The Morgan fingerprint density at radius 3 is 2.37 bits per heavy atom. The summed E-state index contributed by atoms with van der Waals surface area (Å²) < 4.78 is 5.57. The molecule has 0 aromatic heterocycles. The monoisotopic (exact) mass is 415 g/mol. The van der Waals surface area contributed by atoms with Gasteiger partial charge in [-0.25, -0.2) is 0 Å². The molecule has 1 aromatic carbocycles. The molecule has 0 radical (unpaired) electrons. The van der Waals surface area contributed by atoms with Crippen LogP contribution in [0.15, 0.2) is 30.3 Å². The Morgan fingerprint density at radius 2 is 1.70 bits per heavy atom. The molecule has 162 valence electrons.